The number of ether oxygens (including phenoxy) is 4. The van der Waals surface area contributed by atoms with Crippen LogP contribution in [0.3, 0.4) is 0 Å². The number of esters is 4. The fourth-order valence-corrected chi connectivity index (χ4v) is 11.7. The molecule has 0 aromatic heterocycles. The van der Waals surface area contributed by atoms with Crippen LogP contribution < -0.4 is 0 Å². The molecule has 0 heterocycles. The van der Waals surface area contributed by atoms with E-state index in [1.165, 1.54) is 161 Å². The van der Waals surface area contributed by atoms with E-state index in [-0.39, 0.29) is 25.7 Å². The third-order valence-electron chi connectivity index (χ3n) is 15.5. The van der Waals surface area contributed by atoms with Crippen molar-refractivity contribution in [3.63, 3.8) is 0 Å². The predicted octanol–water partition coefficient (Wildman–Crippen LogP) is 19.0. The fraction of sp³-hybridized carbons (Fsp3) is 0.940. The summed E-state index contributed by atoms with van der Waals surface area (Å²) in [6, 6.07) is 0. The van der Waals surface area contributed by atoms with Gasteiger partial charge in [0, 0.05) is 25.7 Å². The van der Waals surface area contributed by atoms with E-state index in [0.29, 0.717) is 25.7 Å². The number of unbranched alkanes of at least 4 members (excludes halogenated alkanes) is 39. The van der Waals surface area contributed by atoms with Crippen molar-refractivity contribution in [2.75, 3.05) is 39.6 Å². The maximum atomic E-state index is 13.0. The van der Waals surface area contributed by atoms with Crippen molar-refractivity contribution >= 4 is 39.5 Å². The summed E-state index contributed by atoms with van der Waals surface area (Å²) in [5.74, 6) is -1.38. The SMILES string of the molecule is CCCCCCCCCCCCCCCCCC(=O)O[C@H](COC(=O)CCCCCCCCCCCC(C)C)COP(=O)(O)OC[C@@H](O)COP(=O)(O)OC[C@@H](COC(=O)CCCCCCCCCC)OC(=O)CCCCCCCCCCCCC. The first-order chi connectivity index (χ1) is 41.5. The summed E-state index contributed by atoms with van der Waals surface area (Å²) in [6.07, 6.45) is 45.8. The molecule has 0 amide bonds. The van der Waals surface area contributed by atoms with Crippen LogP contribution in [0.2, 0.25) is 0 Å². The lowest BCUT2D eigenvalue weighted by atomic mass is 10.0. The Morgan fingerprint density at radius 3 is 0.791 bits per heavy atom. The summed E-state index contributed by atoms with van der Waals surface area (Å²) in [5, 5.41) is 10.6. The van der Waals surface area contributed by atoms with Crippen LogP contribution in [0.5, 0.6) is 0 Å². The van der Waals surface area contributed by atoms with Crippen LogP contribution in [0.15, 0.2) is 0 Å². The summed E-state index contributed by atoms with van der Waals surface area (Å²) >= 11 is 0. The largest absolute Gasteiger partial charge is 0.472 e. The Hall–Kier alpha value is -1.94. The molecule has 0 saturated heterocycles. The number of phosphoric acid groups is 2. The molecule has 0 bridgehead atoms. The van der Waals surface area contributed by atoms with Crippen LogP contribution >= 0.6 is 15.6 Å². The van der Waals surface area contributed by atoms with E-state index >= 15 is 0 Å². The topological polar surface area (TPSA) is 237 Å². The number of phosphoric ester groups is 2. The van der Waals surface area contributed by atoms with Gasteiger partial charge in [-0.15, -0.1) is 0 Å². The first kappa shape index (κ1) is 84.1. The second kappa shape index (κ2) is 60.6. The van der Waals surface area contributed by atoms with E-state index < -0.39 is 97.5 Å². The lowest BCUT2D eigenvalue weighted by Crippen LogP contribution is -2.30. The van der Waals surface area contributed by atoms with Crippen LogP contribution in [0.1, 0.15) is 343 Å². The van der Waals surface area contributed by atoms with Crippen molar-refractivity contribution < 1.29 is 80.2 Å². The molecule has 0 aliphatic heterocycles. The molecule has 0 fully saturated rings. The molecule has 0 spiro atoms. The van der Waals surface area contributed by atoms with E-state index in [0.717, 1.165) is 102 Å². The Labute approximate surface area is 524 Å². The number of carbonyl (C=O) groups is 4. The molecule has 86 heavy (non-hydrogen) atoms. The summed E-state index contributed by atoms with van der Waals surface area (Å²) < 4.78 is 68.1. The smallest absolute Gasteiger partial charge is 0.462 e. The van der Waals surface area contributed by atoms with Gasteiger partial charge in [0.15, 0.2) is 12.2 Å². The molecular formula is C67H130O17P2. The third-order valence-corrected chi connectivity index (χ3v) is 17.4. The molecule has 3 N–H and O–H groups in total. The van der Waals surface area contributed by atoms with Gasteiger partial charge in [-0.25, -0.2) is 9.13 Å². The molecule has 2 unspecified atom stereocenters. The zero-order valence-electron chi connectivity index (χ0n) is 55.4. The quantitative estimate of drug-likeness (QED) is 0.0222. The first-order valence-corrected chi connectivity index (χ1v) is 38.1. The highest BCUT2D eigenvalue weighted by Gasteiger charge is 2.30. The van der Waals surface area contributed by atoms with Gasteiger partial charge >= 0.3 is 39.5 Å². The average molecular weight is 1270 g/mol. The van der Waals surface area contributed by atoms with Crippen LogP contribution in [-0.2, 0) is 65.4 Å². The number of hydrogen-bond acceptors (Lipinski definition) is 15. The standard InChI is InChI=1S/C67H130O17P2/c1-6-9-12-15-18-21-23-24-25-26-28-32-38-43-48-53-67(72)84-63(57-78-65(70)51-46-41-36-33-29-30-34-39-44-49-60(4)5)59-82-86(75,76)80-55-61(68)54-79-85(73,74)81-58-62(56-77-64(69)50-45-40-35-20-17-14-11-8-3)83-66(71)52-47-42-37-31-27-22-19-16-13-10-7-2/h60-63,68H,6-59H2,1-5H3,(H,73,74)(H,75,76)/t61-,62+,63+/m0/s1. The molecule has 0 rings (SSSR count). The minimum Gasteiger partial charge on any atom is -0.462 e. The van der Waals surface area contributed by atoms with Gasteiger partial charge in [-0.05, 0) is 31.6 Å². The molecule has 0 radical (unpaired) electrons. The molecule has 19 heteroatoms. The van der Waals surface area contributed by atoms with Crippen molar-refractivity contribution in [2.24, 2.45) is 5.92 Å². The monoisotopic (exact) mass is 1270 g/mol. The molecule has 17 nitrogen and oxygen atoms in total. The molecule has 0 aromatic rings. The number of aliphatic hydroxyl groups excluding tert-OH is 1. The predicted molar refractivity (Wildman–Crippen MR) is 345 cm³/mol. The van der Waals surface area contributed by atoms with Crippen molar-refractivity contribution in [3.05, 3.63) is 0 Å². The highest BCUT2D eigenvalue weighted by Crippen LogP contribution is 2.45. The van der Waals surface area contributed by atoms with Crippen LogP contribution in [-0.4, -0.2) is 96.7 Å². The second-order valence-electron chi connectivity index (χ2n) is 24.7. The van der Waals surface area contributed by atoms with Crippen molar-refractivity contribution in [1.29, 1.82) is 0 Å². The van der Waals surface area contributed by atoms with Crippen molar-refractivity contribution in [2.45, 2.75) is 361 Å². The zero-order chi connectivity index (χ0) is 63.5. The summed E-state index contributed by atoms with van der Waals surface area (Å²) in [5.41, 5.74) is 0. The fourth-order valence-electron chi connectivity index (χ4n) is 10.1. The number of aliphatic hydroxyl groups is 1. The minimum absolute atomic E-state index is 0.107. The summed E-state index contributed by atoms with van der Waals surface area (Å²) in [4.78, 5) is 72.3. The average Bonchev–Trinajstić information content (AvgIpc) is 3.61. The number of carbonyl (C=O) groups excluding carboxylic acids is 4. The minimum atomic E-state index is -4.95. The van der Waals surface area contributed by atoms with Gasteiger partial charge in [-0.1, -0.05) is 291 Å². The molecule has 0 saturated carbocycles. The van der Waals surface area contributed by atoms with E-state index in [1.54, 1.807) is 0 Å². The van der Waals surface area contributed by atoms with Crippen molar-refractivity contribution in [3.8, 4) is 0 Å². The molecule has 0 aliphatic rings. The van der Waals surface area contributed by atoms with Gasteiger partial charge in [0.25, 0.3) is 0 Å². The third kappa shape index (κ3) is 60.9. The van der Waals surface area contributed by atoms with Crippen molar-refractivity contribution in [1.82, 2.24) is 0 Å². The van der Waals surface area contributed by atoms with Gasteiger partial charge < -0.3 is 33.8 Å². The lowest BCUT2D eigenvalue weighted by Gasteiger charge is -2.21. The molecule has 0 aromatic carbocycles. The highest BCUT2D eigenvalue weighted by atomic mass is 31.2. The van der Waals surface area contributed by atoms with Crippen LogP contribution in [0, 0.1) is 5.92 Å². The highest BCUT2D eigenvalue weighted by molar-refractivity contribution is 7.47. The van der Waals surface area contributed by atoms with Crippen LogP contribution in [0.25, 0.3) is 0 Å². The van der Waals surface area contributed by atoms with Gasteiger partial charge in [0.05, 0.1) is 26.4 Å². The summed E-state index contributed by atoms with van der Waals surface area (Å²) in [7, 11) is -9.89. The Morgan fingerprint density at radius 2 is 0.535 bits per heavy atom. The molecule has 510 valence electrons. The number of hydrogen-bond donors (Lipinski definition) is 3. The summed E-state index contributed by atoms with van der Waals surface area (Å²) in [6.45, 7) is 7.18. The molecular weight excluding hydrogens is 1140 g/mol. The molecule has 5 atom stereocenters. The zero-order valence-corrected chi connectivity index (χ0v) is 57.2. The Morgan fingerprint density at radius 1 is 0.314 bits per heavy atom. The lowest BCUT2D eigenvalue weighted by molar-refractivity contribution is -0.161. The van der Waals surface area contributed by atoms with E-state index in [4.69, 9.17) is 37.0 Å². The molecule has 0 aliphatic carbocycles. The maximum absolute atomic E-state index is 13.0. The van der Waals surface area contributed by atoms with Gasteiger partial charge in [0.1, 0.15) is 19.3 Å². The maximum Gasteiger partial charge on any atom is 0.472 e. The Bertz CT molecular complexity index is 1670. The normalized spacial score (nSPS) is 14.2. The van der Waals surface area contributed by atoms with Crippen LogP contribution in [0.4, 0.5) is 0 Å². The van der Waals surface area contributed by atoms with E-state index in [1.807, 2.05) is 0 Å². The Balaban J connectivity index is 5.22. The Kier molecular flexibility index (Phi) is 59.2. The first-order valence-electron chi connectivity index (χ1n) is 35.1. The second-order valence-corrected chi connectivity index (χ2v) is 27.6. The van der Waals surface area contributed by atoms with Gasteiger partial charge in [-0.3, -0.25) is 37.3 Å². The van der Waals surface area contributed by atoms with Gasteiger partial charge in [-0.2, -0.15) is 0 Å². The van der Waals surface area contributed by atoms with E-state index in [2.05, 4.69) is 34.6 Å². The van der Waals surface area contributed by atoms with Gasteiger partial charge in [0.2, 0.25) is 0 Å². The van der Waals surface area contributed by atoms with E-state index in [9.17, 15) is 43.2 Å². The number of rotatable bonds is 67.